The van der Waals surface area contributed by atoms with E-state index in [2.05, 4.69) is 358 Å². The molecule has 3 heterocycles. The van der Waals surface area contributed by atoms with Crippen LogP contribution in [0.4, 0.5) is 34.1 Å². The van der Waals surface area contributed by atoms with Crippen molar-refractivity contribution in [1.29, 1.82) is 0 Å². The third-order valence-corrected chi connectivity index (χ3v) is 22.9. The Kier molecular flexibility index (Phi) is 14.9. The Morgan fingerprint density at radius 3 is 0.757 bits per heavy atom. The Morgan fingerprint density at radius 1 is 0.233 bits per heavy atom. The molecule has 6 heteroatoms. The minimum atomic E-state index is -0.261. The maximum absolute atomic E-state index is 5.95. The number of hydrogen-bond acceptors (Lipinski definition) is 5. The first-order valence-corrected chi connectivity index (χ1v) is 37.7. The van der Waals surface area contributed by atoms with Crippen LogP contribution in [-0.4, -0.2) is 21.7 Å². The zero-order valence-electron chi connectivity index (χ0n) is 65.6. The zero-order chi connectivity index (χ0) is 73.3. The Labute approximate surface area is 613 Å². The summed E-state index contributed by atoms with van der Waals surface area (Å²) < 4.78 is 0. The van der Waals surface area contributed by atoms with E-state index in [1.807, 2.05) is 0 Å². The van der Waals surface area contributed by atoms with E-state index in [0.29, 0.717) is 17.5 Å². The van der Waals surface area contributed by atoms with Crippen LogP contribution in [0, 0.1) is 0 Å². The van der Waals surface area contributed by atoms with Gasteiger partial charge in [-0.3, -0.25) is 0 Å². The maximum Gasteiger partial charge on any atom is 0.253 e. The van der Waals surface area contributed by atoms with E-state index < -0.39 is 0 Å². The number of fused-ring (bicyclic) bond motifs is 6. The lowest BCUT2D eigenvalue weighted by Gasteiger charge is -2.46. The van der Waals surface area contributed by atoms with Gasteiger partial charge in [0.15, 0.2) is 17.5 Å². The second-order valence-electron chi connectivity index (χ2n) is 38.8. The van der Waals surface area contributed by atoms with Gasteiger partial charge in [0, 0.05) is 50.8 Å². The van der Waals surface area contributed by atoms with Gasteiger partial charge in [0.05, 0.1) is 0 Å². The molecule has 2 aliphatic rings. The van der Waals surface area contributed by atoms with Gasteiger partial charge in [-0.1, -0.05) is 275 Å². The predicted molar refractivity (Wildman–Crippen MR) is 447 cm³/mol. The highest BCUT2D eigenvalue weighted by Gasteiger charge is 2.47. The molecule has 13 aromatic carbocycles. The normalized spacial score (nSPS) is 14.2. The van der Waals surface area contributed by atoms with E-state index in [1.54, 1.807) is 0 Å². The van der Waals surface area contributed by atoms with Crippen molar-refractivity contribution >= 4 is 122 Å². The summed E-state index contributed by atoms with van der Waals surface area (Å²) >= 11 is 0. The van der Waals surface area contributed by atoms with Gasteiger partial charge in [-0.05, 0) is 242 Å². The van der Waals surface area contributed by atoms with Gasteiger partial charge >= 0.3 is 0 Å². The fraction of sp³-hybridized carbons (Fsp3) is 0.330. The maximum atomic E-state index is 5.95. The van der Waals surface area contributed by atoms with Gasteiger partial charge in [0.2, 0.25) is 0 Å². The first kappa shape index (κ1) is 68.1. The lowest BCUT2D eigenvalue weighted by atomic mass is 9.32. The van der Waals surface area contributed by atoms with Crippen LogP contribution >= 0.6 is 0 Å². The first-order valence-electron chi connectivity index (χ1n) is 37.7. The van der Waals surface area contributed by atoms with Crippen LogP contribution in [0.25, 0.3) is 98.8 Å². The summed E-state index contributed by atoms with van der Waals surface area (Å²) in [6.45, 7) is 56.0. The SMILES string of the molecule is CC(C)(C)c1cc(-c2nc(-c3cc(C(C)(C)C)cc(C(C)(C)C)c3)nc(-c3cc4c5c(c3)N(c3cc(C(C)(C)C)cc(C(C)(C)C)c3)c3cc6ccc7cccc8ccc(c3B5c3c(cc5ccc9cccc%10ccc3c5c9%10)N4c3cc(C(C)(C)C)cc(C(C)(C)C)c3)c6c78)n2)cc(C(C)(C)C)c1. The van der Waals surface area contributed by atoms with Crippen molar-refractivity contribution in [2.45, 2.75) is 209 Å². The number of benzene rings is 13. The second-order valence-corrected chi connectivity index (χ2v) is 38.8. The zero-order valence-corrected chi connectivity index (χ0v) is 65.6. The fourth-order valence-corrected chi connectivity index (χ4v) is 16.5. The van der Waals surface area contributed by atoms with Crippen molar-refractivity contribution in [3.05, 3.63) is 226 Å². The molecule has 0 fully saturated rings. The molecule has 0 saturated carbocycles. The molecule has 1 aromatic heterocycles. The van der Waals surface area contributed by atoms with Crippen molar-refractivity contribution in [2.75, 3.05) is 9.80 Å². The lowest BCUT2D eigenvalue weighted by molar-refractivity contribution is 0.568. The van der Waals surface area contributed by atoms with E-state index >= 15 is 0 Å². The molecule has 16 rings (SSSR count). The highest BCUT2D eigenvalue weighted by atomic mass is 15.2. The summed E-state index contributed by atoms with van der Waals surface area (Å²) in [5.74, 6) is 1.92. The summed E-state index contributed by atoms with van der Waals surface area (Å²) in [6, 6.07) is 72.2. The molecule has 0 bridgehead atoms. The minimum absolute atomic E-state index is 0.160. The van der Waals surface area contributed by atoms with Gasteiger partial charge in [-0.2, -0.15) is 0 Å². The standard InChI is InChI=1S/C97H102BN5/c1-90(2,3)64-39-61(40-65(47-64)91(4,5)6)87-99-88(62-41-66(92(7,8)9)48-67(42-62)93(10,11)12)101-89(100-87)63-45-78-86-79(46-63)103(73-53-70(96(19,20)21)50-71(54-73)97(22,23)24)77-44-60-34-32-56-28-26-30-58-36-38-75(83(60)81(56)58)85(77)98(86)84-74-37-35-57-29-25-27-55-31-33-59(82(74)80(55)57)43-76(84)102(78)72-51-68(94(13,14)15)49-69(52-72)95(16,17)18/h25-54H,1-24H3. The van der Waals surface area contributed by atoms with Crippen LogP contribution in [0.3, 0.4) is 0 Å². The number of anilines is 6. The first-order chi connectivity index (χ1) is 48.1. The molecule has 14 aromatic rings. The van der Waals surface area contributed by atoms with E-state index in [-0.39, 0.29) is 50.0 Å². The number of rotatable bonds is 5. The molecular weight excluding hydrogens is 1250 g/mol. The van der Waals surface area contributed by atoms with E-state index in [0.717, 1.165) is 39.4 Å². The number of hydrogen-bond donors (Lipinski definition) is 0. The van der Waals surface area contributed by atoms with Crippen LogP contribution in [0.5, 0.6) is 0 Å². The Morgan fingerprint density at radius 2 is 0.476 bits per heavy atom. The molecule has 518 valence electrons. The highest BCUT2D eigenvalue weighted by molar-refractivity contribution is 7.03. The molecular formula is C97H102BN5. The molecule has 0 unspecified atom stereocenters. The summed E-state index contributed by atoms with van der Waals surface area (Å²) in [6.07, 6.45) is 0. The molecule has 0 saturated heterocycles. The molecule has 0 amide bonds. The van der Waals surface area contributed by atoms with Crippen molar-refractivity contribution in [2.24, 2.45) is 0 Å². The summed E-state index contributed by atoms with van der Waals surface area (Å²) in [4.78, 5) is 23.0. The van der Waals surface area contributed by atoms with Crippen molar-refractivity contribution in [1.82, 2.24) is 15.0 Å². The van der Waals surface area contributed by atoms with Crippen LogP contribution in [0.1, 0.15) is 211 Å². The molecule has 0 N–H and O–H groups in total. The lowest BCUT2D eigenvalue weighted by Crippen LogP contribution is -2.62. The number of aromatic nitrogens is 3. The molecule has 2 aliphatic heterocycles. The molecule has 103 heavy (non-hydrogen) atoms. The van der Waals surface area contributed by atoms with Crippen LogP contribution < -0.4 is 26.2 Å². The summed E-state index contributed by atoms with van der Waals surface area (Å²) in [7, 11) is 0. The highest BCUT2D eigenvalue weighted by Crippen LogP contribution is 2.53. The third kappa shape index (κ3) is 11.4. The molecule has 0 atom stereocenters. The van der Waals surface area contributed by atoms with Crippen LogP contribution in [-0.2, 0) is 43.3 Å². The summed E-state index contributed by atoms with van der Waals surface area (Å²) in [5, 5.41) is 15.2. The number of nitrogens with zero attached hydrogens (tertiary/aromatic N) is 5. The quantitative estimate of drug-likeness (QED) is 0.127. The van der Waals surface area contributed by atoms with Crippen molar-refractivity contribution < 1.29 is 0 Å². The van der Waals surface area contributed by atoms with Crippen molar-refractivity contribution in [3.8, 4) is 34.2 Å². The molecule has 0 radical (unpaired) electrons. The van der Waals surface area contributed by atoms with E-state index in [1.165, 1.54) is 137 Å². The average molecular weight is 1350 g/mol. The Balaban J connectivity index is 1.13. The van der Waals surface area contributed by atoms with Gasteiger partial charge in [-0.15, -0.1) is 0 Å². The molecule has 5 nitrogen and oxygen atoms in total. The summed E-state index contributed by atoms with van der Waals surface area (Å²) in [5.41, 5.74) is 22.3. The Hall–Kier alpha value is -9.39. The van der Waals surface area contributed by atoms with Crippen LogP contribution in [0.2, 0.25) is 0 Å². The topological polar surface area (TPSA) is 45.2 Å². The fourth-order valence-electron chi connectivity index (χ4n) is 16.5. The van der Waals surface area contributed by atoms with Gasteiger partial charge in [0.1, 0.15) is 0 Å². The van der Waals surface area contributed by atoms with E-state index in [9.17, 15) is 0 Å². The third-order valence-electron chi connectivity index (χ3n) is 22.9. The van der Waals surface area contributed by atoms with Gasteiger partial charge < -0.3 is 9.80 Å². The van der Waals surface area contributed by atoms with Crippen LogP contribution in [0.15, 0.2) is 182 Å². The monoisotopic (exact) mass is 1350 g/mol. The largest absolute Gasteiger partial charge is 0.311 e. The van der Waals surface area contributed by atoms with Gasteiger partial charge in [-0.25, -0.2) is 15.0 Å². The van der Waals surface area contributed by atoms with Crippen molar-refractivity contribution in [3.63, 3.8) is 0 Å². The van der Waals surface area contributed by atoms with E-state index in [4.69, 9.17) is 15.0 Å². The Bertz CT molecular complexity index is 5340. The second kappa shape index (κ2) is 22.6. The molecule has 0 spiro atoms. The predicted octanol–water partition coefficient (Wildman–Crippen LogP) is 25.1. The minimum Gasteiger partial charge on any atom is -0.311 e. The molecule has 0 aliphatic carbocycles. The smallest absolute Gasteiger partial charge is 0.253 e. The average Bonchev–Trinajstić information content (AvgIpc) is 0.675. The van der Waals surface area contributed by atoms with Gasteiger partial charge in [0.25, 0.3) is 6.71 Å².